The molecule has 1 aliphatic rings. The van der Waals surface area contributed by atoms with Gasteiger partial charge in [-0.15, -0.1) is 0 Å². The molecule has 2 unspecified atom stereocenters. The molecule has 1 aromatic heterocycles. The maximum Gasteiger partial charge on any atom is 0.310 e. The molecule has 0 aliphatic heterocycles. The summed E-state index contributed by atoms with van der Waals surface area (Å²) in [5.74, 6) is 1.32. The van der Waals surface area contributed by atoms with Gasteiger partial charge >= 0.3 is 5.97 Å². The Labute approximate surface area is 195 Å². The highest BCUT2D eigenvalue weighted by molar-refractivity contribution is 5.79. The van der Waals surface area contributed by atoms with E-state index in [9.17, 15) is 4.79 Å². The predicted molar refractivity (Wildman–Crippen MR) is 128 cm³/mol. The van der Waals surface area contributed by atoms with E-state index in [1.54, 1.807) is 13.3 Å². The van der Waals surface area contributed by atoms with Gasteiger partial charge in [0.25, 0.3) is 0 Å². The van der Waals surface area contributed by atoms with E-state index in [0.717, 1.165) is 34.4 Å². The van der Waals surface area contributed by atoms with Crippen molar-refractivity contribution in [1.29, 1.82) is 0 Å². The van der Waals surface area contributed by atoms with Crippen LogP contribution < -0.4 is 9.47 Å². The van der Waals surface area contributed by atoms with E-state index < -0.39 is 5.60 Å². The normalized spacial score (nSPS) is 17.4. The lowest BCUT2D eigenvalue weighted by Crippen LogP contribution is -2.25. The minimum atomic E-state index is -0.485. The Morgan fingerprint density at radius 3 is 2.48 bits per heavy atom. The quantitative estimate of drug-likeness (QED) is 0.412. The minimum absolute atomic E-state index is 0.101. The molecule has 1 heterocycles. The molecule has 0 spiro atoms. The molecule has 5 heteroatoms. The third-order valence-corrected chi connectivity index (χ3v) is 5.70. The largest absolute Gasteiger partial charge is 0.496 e. The van der Waals surface area contributed by atoms with Crippen LogP contribution in [-0.4, -0.2) is 23.7 Å². The third-order valence-electron chi connectivity index (χ3n) is 5.70. The predicted octanol–water partition coefficient (Wildman–Crippen LogP) is 6.09. The summed E-state index contributed by atoms with van der Waals surface area (Å²) in [7, 11) is 1.66. The second-order valence-electron chi connectivity index (χ2n) is 9.62. The fourth-order valence-electron chi connectivity index (χ4n) is 3.89. The molecule has 1 aliphatic carbocycles. The van der Waals surface area contributed by atoms with Gasteiger partial charge in [0.05, 0.1) is 19.2 Å². The van der Waals surface area contributed by atoms with Crippen LogP contribution in [0.4, 0.5) is 0 Å². The Kier molecular flexibility index (Phi) is 6.41. The highest BCUT2D eigenvalue weighted by Gasteiger charge is 2.47. The number of aryl methyl sites for hydroxylation is 1. The van der Waals surface area contributed by atoms with Crippen molar-refractivity contribution in [3.8, 4) is 22.6 Å². The second kappa shape index (κ2) is 9.26. The van der Waals surface area contributed by atoms with Gasteiger partial charge in [-0.3, -0.25) is 9.78 Å². The number of carbonyl (C=O) groups is 1. The van der Waals surface area contributed by atoms with E-state index in [1.165, 1.54) is 5.56 Å². The first kappa shape index (κ1) is 22.8. The number of carbonyl (C=O) groups excluding carboxylic acids is 1. The maximum absolute atomic E-state index is 12.5. The highest BCUT2D eigenvalue weighted by atomic mass is 16.6. The molecule has 4 rings (SSSR count). The first-order chi connectivity index (χ1) is 15.7. The van der Waals surface area contributed by atoms with Crippen molar-refractivity contribution < 1.29 is 19.0 Å². The molecule has 0 saturated heterocycles. The number of benzene rings is 2. The molecule has 2 atom stereocenters. The monoisotopic (exact) mass is 445 g/mol. The van der Waals surface area contributed by atoms with Crippen LogP contribution >= 0.6 is 0 Å². The average molecular weight is 446 g/mol. The van der Waals surface area contributed by atoms with Crippen molar-refractivity contribution in [2.24, 2.45) is 5.92 Å². The summed E-state index contributed by atoms with van der Waals surface area (Å²) in [4.78, 5) is 16.9. The number of esters is 1. The Bertz CT molecular complexity index is 1130. The molecule has 2 aromatic carbocycles. The van der Waals surface area contributed by atoms with Crippen LogP contribution in [0, 0.1) is 12.8 Å². The van der Waals surface area contributed by atoms with Crippen LogP contribution in [0.2, 0.25) is 0 Å². The van der Waals surface area contributed by atoms with Gasteiger partial charge in [-0.2, -0.15) is 0 Å². The summed E-state index contributed by atoms with van der Waals surface area (Å²) in [6, 6.07) is 16.3. The number of hydrogen-bond acceptors (Lipinski definition) is 5. The summed E-state index contributed by atoms with van der Waals surface area (Å²) in [6.45, 7) is 8.23. The van der Waals surface area contributed by atoms with Gasteiger partial charge in [0, 0.05) is 17.7 Å². The second-order valence-corrected chi connectivity index (χ2v) is 9.62. The van der Waals surface area contributed by atoms with Crippen molar-refractivity contribution in [2.75, 3.05) is 7.11 Å². The van der Waals surface area contributed by atoms with Gasteiger partial charge in [0.2, 0.25) is 0 Å². The maximum atomic E-state index is 12.5. The van der Waals surface area contributed by atoms with Crippen LogP contribution in [0.3, 0.4) is 0 Å². The van der Waals surface area contributed by atoms with Crippen LogP contribution in [-0.2, 0) is 16.1 Å². The average Bonchev–Trinajstić information content (AvgIpc) is 3.58. The Morgan fingerprint density at radius 2 is 1.79 bits per heavy atom. The molecule has 1 saturated carbocycles. The van der Waals surface area contributed by atoms with E-state index in [1.807, 2.05) is 45.2 Å². The van der Waals surface area contributed by atoms with Crippen molar-refractivity contribution in [2.45, 2.75) is 52.2 Å². The lowest BCUT2D eigenvalue weighted by Gasteiger charge is -2.19. The van der Waals surface area contributed by atoms with Crippen LogP contribution in [0.15, 0.2) is 60.9 Å². The highest BCUT2D eigenvalue weighted by Crippen LogP contribution is 2.52. The number of hydrogen-bond donors (Lipinski definition) is 0. The van der Waals surface area contributed by atoms with Gasteiger partial charge in [0.1, 0.15) is 23.7 Å². The number of pyridine rings is 1. The zero-order valence-corrected chi connectivity index (χ0v) is 19.9. The van der Waals surface area contributed by atoms with Crippen molar-refractivity contribution >= 4 is 5.97 Å². The molecular weight excluding hydrogens is 414 g/mol. The number of rotatable bonds is 7. The molecule has 172 valence electrons. The fraction of sp³-hybridized carbons (Fsp3) is 0.357. The molecule has 0 N–H and O–H groups in total. The summed E-state index contributed by atoms with van der Waals surface area (Å²) in [6.07, 6.45) is 4.32. The molecule has 33 heavy (non-hydrogen) atoms. The van der Waals surface area contributed by atoms with E-state index in [4.69, 9.17) is 14.2 Å². The Hall–Kier alpha value is -3.34. The van der Waals surface area contributed by atoms with Gasteiger partial charge in [0.15, 0.2) is 0 Å². The van der Waals surface area contributed by atoms with Crippen molar-refractivity contribution in [3.63, 3.8) is 0 Å². The van der Waals surface area contributed by atoms with Gasteiger partial charge in [-0.05, 0) is 69.0 Å². The molecule has 0 amide bonds. The van der Waals surface area contributed by atoms with E-state index >= 15 is 0 Å². The Balaban J connectivity index is 1.51. The first-order valence-corrected chi connectivity index (χ1v) is 11.3. The number of ether oxygens (including phenoxy) is 3. The Morgan fingerprint density at radius 1 is 1.03 bits per heavy atom. The summed E-state index contributed by atoms with van der Waals surface area (Å²) >= 11 is 0. The molecule has 0 bridgehead atoms. The van der Waals surface area contributed by atoms with Crippen LogP contribution in [0.1, 0.15) is 49.8 Å². The lowest BCUT2D eigenvalue weighted by molar-refractivity contribution is -0.156. The fourth-order valence-corrected chi connectivity index (χ4v) is 3.89. The smallest absolute Gasteiger partial charge is 0.310 e. The van der Waals surface area contributed by atoms with E-state index in [0.29, 0.717) is 12.4 Å². The SMILES string of the molecule is COc1ccc(-c2cncc(OCc3ccc(C)cc3)c2)cc1C1CC1C(=O)OC(C)(C)C. The van der Waals surface area contributed by atoms with E-state index in [-0.39, 0.29) is 17.8 Å². The van der Waals surface area contributed by atoms with Crippen molar-refractivity contribution in [3.05, 3.63) is 77.6 Å². The molecule has 1 fully saturated rings. The summed E-state index contributed by atoms with van der Waals surface area (Å²) in [5, 5.41) is 0. The summed E-state index contributed by atoms with van der Waals surface area (Å²) in [5.41, 5.74) is 4.84. The number of nitrogens with zero attached hydrogens (tertiary/aromatic N) is 1. The first-order valence-electron chi connectivity index (χ1n) is 11.3. The van der Waals surface area contributed by atoms with Crippen molar-refractivity contribution in [1.82, 2.24) is 4.98 Å². The van der Waals surface area contributed by atoms with E-state index in [2.05, 4.69) is 42.2 Å². The zero-order valence-electron chi connectivity index (χ0n) is 19.9. The summed E-state index contributed by atoms with van der Waals surface area (Å²) < 4.78 is 17.2. The van der Waals surface area contributed by atoms with Crippen LogP contribution in [0.5, 0.6) is 11.5 Å². The zero-order chi connectivity index (χ0) is 23.6. The molecule has 5 nitrogen and oxygen atoms in total. The molecule has 3 aromatic rings. The number of aromatic nitrogens is 1. The standard InChI is InChI=1S/C28H31NO4/c1-18-6-8-19(9-7-18)17-32-22-12-21(15-29-16-22)20-10-11-26(31-5)24(13-20)23-14-25(23)27(30)33-28(2,3)4/h6-13,15-16,23,25H,14,17H2,1-5H3. The van der Waals surface area contributed by atoms with Gasteiger partial charge in [-0.1, -0.05) is 35.9 Å². The van der Waals surface area contributed by atoms with Crippen LogP contribution in [0.25, 0.3) is 11.1 Å². The number of methoxy groups -OCH3 is 1. The van der Waals surface area contributed by atoms with Gasteiger partial charge < -0.3 is 14.2 Å². The minimum Gasteiger partial charge on any atom is -0.496 e. The lowest BCUT2D eigenvalue weighted by atomic mass is 10.00. The molecular formula is C28H31NO4. The molecule has 0 radical (unpaired) electrons. The topological polar surface area (TPSA) is 57.7 Å². The third kappa shape index (κ3) is 5.72. The van der Waals surface area contributed by atoms with Gasteiger partial charge in [-0.25, -0.2) is 0 Å².